The van der Waals surface area contributed by atoms with E-state index in [1.165, 1.54) is 0 Å². The van der Waals surface area contributed by atoms with Gasteiger partial charge in [0.2, 0.25) is 0 Å². The first-order chi connectivity index (χ1) is 9.22. The topological polar surface area (TPSA) is 55.5 Å². The largest absolute Gasteiger partial charge is 0.484 e. The van der Waals surface area contributed by atoms with Gasteiger partial charge in [0.05, 0.1) is 6.61 Å². The normalized spacial score (nSPS) is 12.2. The molecule has 2 rings (SSSR count). The van der Waals surface area contributed by atoms with Gasteiger partial charge in [0.15, 0.2) is 0 Å². The van der Waals surface area contributed by atoms with Crippen LogP contribution in [-0.4, -0.2) is 11.7 Å². The summed E-state index contributed by atoms with van der Waals surface area (Å²) in [6, 6.07) is 15.3. The Bertz CT molecular complexity index is 545. The maximum atomic E-state index is 9.12. The summed E-state index contributed by atoms with van der Waals surface area (Å²) < 4.78 is 6.89. The van der Waals surface area contributed by atoms with Crippen molar-refractivity contribution in [3.8, 4) is 5.75 Å². The van der Waals surface area contributed by atoms with Crippen LogP contribution in [0.3, 0.4) is 0 Å². The molecule has 0 aliphatic rings. The van der Waals surface area contributed by atoms with E-state index in [0.717, 1.165) is 15.6 Å². The Kier molecular flexibility index (Phi) is 4.96. The highest BCUT2D eigenvalue weighted by Crippen LogP contribution is 2.24. The maximum Gasteiger partial charge on any atom is 0.136 e. The molecular weight excluding hydrogens is 306 g/mol. The first-order valence-corrected chi connectivity index (χ1v) is 6.84. The Morgan fingerprint density at radius 2 is 1.95 bits per heavy atom. The van der Waals surface area contributed by atoms with Gasteiger partial charge in [-0.3, -0.25) is 0 Å². The summed E-state index contributed by atoms with van der Waals surface area (Å²) in [5.74, 6) is 0.710. The Morgan fingerprint density at radius 1 is 1.16 bits per heavy atom. The average Bonchev–Trinajstić information content (AvgIpc) is 2.45. The number of ether oxygens (including phenoxy) is 1. The lowest BCUT2D eigenvalue weighted by Crippen LogP contribution is -2.18. The Morgan fingerprint density at radius 3 is 2.63 bits per heavy atom. The second kappa shape index (κ2) is 6.70. The molecule has 0 bridgehead atoms. The van der Waals surface area contributed by atoms with E-state index >= 15 is 0 Å². The molecule has 0 spiro atoms. The van der Waals surface area contributed by atoms with Crippen molar-refractivity contribution in [2.75, 3.05) is 6.54 Å². The van der Waals surface area contributed by atoms with E-state index in [2.05, 4.69) is 15.9 Å². The van der Waals surface area contributed by atoms with Crippen molar-refractivity contribution in [2.45, 2.75) is 12.7 Å². The Balaban J connectivity index is 2.18. The Labute approximate surface area is 121 Å². The van der Waals surface area contributed by atoms with Gasteiger partial charge in [0.1, 0.15) is 11.9 Å². The fraction of sp³-hybridized carbons (Fsp3) is 0.200. The van der Waals surface area contributed by atoms with Crippen LogP contribution in [0.25, 0.3) is 0 Å². The molecule has 0 saturated heterocycles. The van der Waals surface area contributed by atoms with Crippen LogP contribution in [-0.2, 0) is 6.61 Å². The van der Waals surface area contributed by atoms with Crippen molar-refractivity contribution in [2.24, 2.45) is 5.73 Å². The highest BCUT2D eigenvalue weighted by atomic mass is 79.9. The molecule has 0 amide bonds. The molecule has 2 aromatic carbocycles. The molecule has 100 valence electrons. The smallest absolute Gasteiger partial charge is 0.136 e. The molecule has 3 nitrogen and oxygen atoms in total. The van der Waals surface area contributed by atoms with Crippen LogP contribution in [0, 0.1) is 0 Å². The molecule has 2 aromatic rings. The van der Waals surface area contributed by atoms with Crippen LogP contribution in [0.2, 0.25) is 0 Å². The number of benzene rings is 2. The number of hydrogen-bond donors (Lipinski definition) is 2. The fourth-order valence-electron chi connectivity index (χ4n) is 1.84. The van der Waals surface area contributed by atoms with E-state index in [1.54, 1.807) is 0 Å². The molecule has 3 N–H and O–H groups in total. The third kappa shape index (κ3) is 3.80. The number of nitrogens with two attached hydrogens (primary N) is 1. The molecule has 0 aromatic heterocycles. The van der Waals surface area contributed by atoms with E-state index in [-0.39, 0.29) is 12.7 Å². The van der Waals surface area contributed by atoms with Crippen molar-refractivity contribution < 1.29 is 9.84 Å². The summed E-state index contributed by atoms with van der Waals surface area (Å²) in [5, 5.41) is 9.12. The first-order valence-electron chi connectivity index (χ1n) is 6.05. The standard InChI is InChI=1S/C15H16BrNO2/c16-13-5-2-4-12(8-13)15(9-17)19-14-6-1-3-11(7-14)10-18/h1-8,15,18H,9-10,17H2. The van der Waals surface area contributed by atoms with E-state index in [0.29, 0.717) is 12.3 Å². The molecule has 1 unspecified atom stereocenters. The van der Waals surface area contributed by atoms with E-state index < -0.39 is 0 Å². The number of aliphatic hydroxyl groups is 1. The van der Waals surface area contributed by atoms with Gasteiger partial charge in [-0.25, -0.2) is 0 Å². The van der Waals surface area contributed by atoms with Gasteiger partial charge in [0, 0.05) is 11.0 Å². The van der Waals surface area contributed by atoms with Crippen molar-refractivity contribution in [1.82, 2.24) is 0 Å². The predicted octanol–water partition coefficient (Wildman–Crippen LogP) is 3.02. The molecule has 0 aliphatic heterocycles. The highest BCUT2D eigenvalue weighted by molar-refractivity contribution is 9.10. The zero-order valence-electron chi connectivity index (χ0n) is 10.4. The molecule has 0 saturated carbocycles. The predicted molar refractivity (Wildman–Crippen MR) is 78.9 cm³/mol. The third-order valence-electron chi connectivity index (χ3n) is 2.79. The Hall–Kier alpha value is -1.36. The van der Waals surface area contributed by atoms with Gasteiger partial charge in [-0.1, -0.05) is 40.2 Å². The van der Waals surface area contributed by atoms with Crippen molar-refractivity contribution in [3.05, 3.63) is 64.1 Å². The second-order valence-corrected chi connectivity index (χ2v) is 5.12. The summed E-state index contributed by atoms with van der Waals surface area (Å²) >= 11 is 3.44. The number of rotatable bonds is 5. The first kappa shape index (κ1) is 14.1. The van der Waals surface area contributed by atoms with Crippen LogP contribution in [0.5, 0.6) is 5.75 Å². The zero-order chi connectivity index (χ0) is 13.7. The van der Waals surface area contributed by atoms with Crippen LogP contribution < -0.4 is 10.5 Å². The van der Waals surface area contributed by atoms with Crippen molar-refractivity contribution in [3.63, 3.8) is 0 Å². The lowest BCUT2D eigenvalue weighted by atomic mass is 10.1. The van der Waals surface area contributed by atoms with Gasteiger partial charge >= 0.3 is 0 Å². The highest BCUT2D eigenvalue weighted by Gasteiger charge is 2.12. The van der Waals surface area contributed by atoms with Crippen LogP contribution in [0.4, 0.5) is 0 Å². The molecule has 0 radical (unpaired) electrons. The lowest BCUT2D eigenvalue weighted by molar-refractivity contribution is 0.213. The number of halogens is 1. The fourth-order valence-corrected chi connectivity index (χ4v) is 2.26. The molecule has 4 heteroatoms. The van der Waals surface area contributed by atoms with Crippen molar-refractivity contribution in [1.29, 1.82) is 0 Å². The summed E-state index contributed by atoms with van der Waals surface area (Å²) in [7, 11) is 0. The minimum absolute atomic E-state index is 0.00137. The minimum atomic E-state index is -0.202. The van der Waals surface area contributed by atoms with Crippen LogP contribution in [0.1, 0.15) is 17.2 Å². The summed E-state index contributed by atoms with van der Waals surface area (Å²) in [4.78, 5) is 0. The van der Waals surface area contributed by atoms with Gasteiger partial charge in [-0.2, -0.15) is 0 Å². The van der Waals surface area contributed by atoms with Gasteiger partial charge < -0.3 is 15.6 Å². The molecule has 0 fully saturated rings. The zero-order valence-corrected chi connectivity index (χ0v) is 12.0. The molecular formula is C15H16BrNO2. The minimum Gasteiger partial charge on any atom is -0.484 e. The monoisotopic (exact) mass is 321 g/mol. The van der Waals surface area contributed by atoms with E-state index in [9.17, 15) is 0 Å². The number of hydrogen-bond acceptors (Lipinski definition) is 3. The molecule has 19 heavy (non-hydrogen) atoms. The van der Waals surface area contributed by atoms with Crippen molar-refractivity contribution >= 4 is 15.9 Å². The average molecular weight is 322 g/mol. The molecule has 0 aliphatic carbocycles. The molecule has 1 atom stereocenters. The molecule has 0 heterocycles. The van der Waals surface area contributed by atoms with Gasteiger partial charge in [-0.05, 0) is 35.4 Å². The van der Waals surface area contributed by atoms with Crippen LogP contribution in [0.15, 0.2) is 53.0 Å². The van der Waals surface area contributed by atoms with Gasteiger partial charge in [0.25, 0.3) is 0 Å². The second-order valence-electron chi connectivity index (χ2n) is 4.20. The summed E-state index contributed by atoms with van der Waals surface area (Å²) in [6.07, 6.45) is -0.202. The third-order valence-corrected chi connectivity index (χ3v) is 3.29. The van der Waals surface area contributed by atoms with E-state index in [1.807, 2.05) is 48.5 Å². The van der Waals surface area contributed by atoms with Gasteiger partial charge in [-0.15, -0.1) is 0 Å². The summed E-state index contributed by atoms with van der Waals surface area (Å²) in [5.41, 5.74) is 7.63. The van der Waals surface area contributed by atoms with E-state index in [4.69, 9.17) is 15.6 Å². The number of aliphatic hydroxyl groups excluding tert-OH is 1. The van der Waals surface area contributed by atoms with Crippen LogP contribution >= 0.6 is 15.9 Å². The SMILES string of the molecule is NCC(Oc1cccc(CO)c1)c1cccc(Br)c1. The maximum absolute atomic E-state index is 9.12. The summed E-state index contributed by atoms with van der Waals surface area (Å²) in [6.45, 7) is 0.390. The lowest BCUT2D eigenvalue weighted by Gasteiger charge is -2.18. The quantitative estimate of drug-likeness (QED) is 0.890.